The van der Waals surface area contributed by atoms with Gasteiger partial charge in [-0.3, -0.25) is 14.4 Å². The minimum absolute atomic E-state index is 0.135. The fourth-order valence-corrected chi connectivity index (χ4v) is 7.60. The summed E-state index contributed by atoms with van der Waals surface area (Å²) in [6.45, 7) is 10.7. The molecule has 3 heterocycles. The van der Waals surface area contributed by atoms with E-state index in [9.17, 15) is 19.5 Å². The minimum Gasteiger partial charge on any atom is -0.497 e. The van der Waals surface area contributed by atoms with Gasteiger partial charge in [0.2, 0.25) is 11.8 Å². The molecule has 3 fully saturated rings. The number of ether oxygens (including phenoxy) is 2. The summed E-state index contributed by atoms with van der Waals surface area (Å²) in [6, 6.07) is 15.9. The molecule has 3 saturated heterocycles. The first-order chi connectivity index (χ1) is 21.3. The molecule has 0 aliphatic carbocycles. The number of likely N-dealkylation sites (tertiary alicyclic amines) is 1. The van der Waals surface area contributed by atoms with E-state index in [-0.39, 0.29) is 37.4 Å². The number of hydrogen-bond donors (Lipinski definition) is 1. The number of methoxy groups -OCH3 is 1. The summed E-state index contributed by atoms with van der Waals surface area (Å²) >= 11 is 0. The molecule has 2 aromatic rings. The Morgan fingerprint density at radius 3 is 2.39 bits per heavy atom. The molecule has 0 saturated carbocycles. The Hall–Kier alpha value is -3.95. The second-order valence-electron chi connectivity index (χ2n) is 11.9. The number of nitrogens with zero attached hydrogens (tertiary/aromatic N) is 3. The number of rotatable bonds is 14. The second-order valence-corrected chi connectivity index (χ2v) is 11.9. The largest absolute Gasteiger partial charge is 0.497 e. The zero-order valence-electron chi connectivity index (χ0n) is 25.7. The third-order valence-electron chi connectivity index (χ3n) is 9.58. The third kappa shape index (κ3) is 5.22. The molecule has 0 aromatic heterocycles. The van der Waals surface area contributed by atoms with E-state index in [1.54, 1.807) is 58.2 Å². The van der Waals surface area contributed by atoms with Crippen LogP contribution in [0.15, 0.2) is 79.9 Å². The molecule has 2 aromatic carbocycles. The molecule has 1 N–H and O–H groups in total. The first-order valence-corrected chi connectivity index (χ1v) is 15.4. The Labute approximate surface area is 259 Å². The number of carbonyl (C=O) groups excluding carboxylic acids is 3. The van der Waals surface area contributed by atoms with Gasteiger partial charge in [-0.25, -0.2) is 0 Å². The van der Waals surface area contributed by atoms with Crippen molar-refractivity contribution in [3.63, 3.8) is 0 Å². The van der Waals surface area contributed by atoms with Crippen LogP contribution in [0.4, 0.5) is 5.69 Å². The summed E-state index contributed by atoms with van der Waals surface area (Å²) in [5.74, 6) is -1.64. The molecular weight excluding hydrogens is 558 g/mol. The van der Waals surface area contributed by atoms with Crippen molar-refractivity contribution in [1.29, 1.82) is 0 Å². The lowest BCUT2D eigenvalue weighted by atomic mass is 9.64. The Kier molecular flexibility index (Phi) is 9.27. The summed E-state index contributed by atoms with van der Waals surface area (Å²) in [4.78, 5) is 48.6. The lowest BCUT2D eigenvalue weighted by Crippen LogP contribution is -2.56. The van der Waals surface area contributed by atoms with Gasteiger partial charge in [-0.05, 0) is 55.5 Å². The van der Waals surface area contributed by atoms with E-state index < -0.39 is 29.1 Å². The SMILES string of the molecule is C=CCN(Cc1ccccc1)C(=O)[C@H]1[C@H]2C(=O)N(CCCO)C(C(=O)N(CC=C)c3ccc(OC)cc3)C23CC[C@]1(CC)O3. The van der Waals surface area contributed by atoms with Gasteiger partial charge in [0.15, 0.2) is 0 Å². The Morgan fingerprint density at radius 2 is 1.77 bits per heavy atom. The van der Waals surface area contributed by atoms with Crippen LogP contribution < -0.4 is 9.64 Å². The van der Waals surface area contributed by atoms with Crippen molar-refractivity contribution in [2.24, 2.45) is 11.8 Å². The first-order valence-electron chi connectivity index (χ1n) is 15.4. The van der Waals surface area contributed by atoms with Crippen LogP contribution in [-0.4, -0.2) is 83.2 Å². The van der Waals surface area contributed by atoms with Gasteiger partial charge in [0.25, 0.3) is 5.91 Å². The van der Waals surface area contributed by atoms with Crippen molar-refractivity contribution in [3.8, 4) is 5.75 Å². The van der Waals surface area contributed by atoms with Gasteiger partial charge < -0.3 is 29.3 Å². The molecule has 44 heavy (non-hydrogen) atoms. The van der Waals surface area contributed by atoms with Crippen LogP contribution >= 0.6 is 0 Å². The van der Waals surface area contributed by atoms with E-state index in [2.05, 4.69) is 13.2 Å². The van der Waals surface area contributed by atoms with Crippen LogP contribution in [0, 0.1) is 11.8 Å². The molecule has 3 amide bonds. The van der Waals surface area contributed by atoms with Gasteiger partial charge >= 0.3 is 0 Å². The molecule has 5 rings (SSSR count). The zero-order valence-corrected chi connectivity index (χ0v) is 25.7. The third-order valence-corrected chi connectivity index (χ3v) is 9.58. The van der Waals surface area contributed by atoms with Crippen molar-refractivity contribution < 1.29 is 29.0 Å². The maximum atomic E-state index is 14.7. The summed E-state index contributed by atoms with van der Waals surface area (Å²) in [7, 11) is 1.58. The average Bonchev–Trinajstić information content (AvgIpc) is 3.65. The number of aliphatic hydroxyl groups excluding tert-OH is 1. The number of amides is 3. The molecule has 234 valence electrons. The van der Waals surface area contributed by atoms with Crippen molar-refractivity contribution in [2.75, 3.05) is 38.3 Å². The molecule has 3 aliphatic rings. The lowest BCUT2D eigenvalue weighted by Gasteiger charge is -2.37. The summed E-state index contributed by atoms with van der Waals surface area (Å²) in [6.07, 6.45) is 5.23. The van der Waals surface area contributed by atoms with Gasteiger partial charge in [0.05, 0.1) is 24.5 Å². The Bertz CT molecular complexity index is 1380. The van der Waals surface area contributed by atoms with Crippen LogP contribution in [0.3, 0.4) is 0 Å². The van der Waals surface area contributed by atoms with Crippen LogP contribution in [0.5, 0.6) is 5.75 Å². The van der Waals surface area contributed by atoms with Gasteiger partial charge in [-0.2, -0.15) is 0 Å². The number of anilines is 1. The fraction of sp³-hybridized carbons (Fsp3) is 0.457. The first kappa shape index (κ1) is 31.5. The Balaban J connectivity index is 1.56. The van der Waals surface area contributed by atoms with E-state index in [4.69, 9.17) is 9.47 Å². The highest BCUT2D eigenvalue weighted by atomic mass is 16.5. The van der Waals surface area contributed by atoms with Gasteiger partial charge in [-0.15, -0.1) is 13.2 Å². The van der Waals surface area contributed by atoms with Crippen molar-refractivity contribution in [2.45, 2.75) is 56.4 Å². The molecular formula is C35H43N3O6. The monoisotopic (exact) mass is 601 g/mol. The number of carbonyl (C=O) groups is 3. The number of hydrogen-bond acceptors (Lipinski definition) is 6. The summed E-state index contributed by atoms with van der Waals surface area (Å²) < 4.78 is 12.3. The van der Waals surface area contributed by atoms with Crippen LogP contribution in [-0.2, 0) is 25.7 Å². The average molecular weight is 602 g/mol. The smallest absolute Gasteiger partial charge is 0.253 e. The topological polar surface area (TPSA) is 99.6 Å². The van der Waals surface area contributed by atoms with E-state index in [0.29, 0.717) is 50.2 Å². The molecule has 9 nitrogen and oxygen atoms in total. The predicted molar refractivity (Wildman–Crippen MR) is 168 cm³/mol. The molecule has 3 aliphatic heterocycles. The van der Waals surface area contributed by atoms with E-state index in [0.717, 1.165) is 5.56 Å². The van der Waals surface area contributed by atoms with Crippen molar-refractivity contribution in [3.05, 3.63) is 85.5 Å². The Morgan fingerprint density at radius 1 is 1.07 bits per heavy atom. The molecule has 2 unspecified atom stereocenters. The molecule has 0 radical (unpaired) electrons. The standard InChI is InChI=1S/C35H43N3O6/c1-5-20-36(24-25-12-9-8-10-13-25)31(40)28-29-32(41)38(22-11-23-39)30(35(29)19-18-34(28,7-3)44-35)33(42)37(21-6-2)26-14-16-27(43-4)17-15-26/h5-6,8-10,12-17,28-30,39H,1-2,7,11,18-24H2,3-4H3/t28-,29+,30?,34+,35?/m1/s1. The van der Waals surface area contributed by atoms with Crippen LogP contribution in [0.1, 0.15) is 38.2 Å². The maximum absolute atomic E-state index is 14.7. The normalized spacial score (nSPS) is 26.8. The fourth-order valence-electron chi connectivity index (χ4n) is 7.60. The van der Waals surface area contributed by atoms with Gasteiger partial charge in [0.1, 0.15) is 17.4 Å². The van der Waals surface area contributed by atoms with Gasteiger partial charge in [-0.1, -0.05) is 49.4 Å². The molecule has 1 spiro atoms. The number of aliphatic hydroxyl groups is 1. The molecule has 2 bridgehead atoms. The molecule has 9 heteroatoms. The second kappa shape index (κ2) is 13.0. The maximum Gasteiger partial charge on any atom is 0.253 e. The zero-order chi connectivity index (χ0) is 31.5. The highest BCUT2D eigenvalue weighted by molar-refractivity contribution is 6.05. The minimum atomic E-state index is -1.17. The van der Waals surface area contributed by atoms with Gasteiger partial charge in [0, 0.05) is 38.5 Å². The predicted octanol–water partition coefficient (Wildman–Crippen LogP) is 3.97. The molecule has 5 atom stereocenters. The quantitative estimate of drug-likeness (QED) is 0.329. The van der Waals surface area contributed by atoms with Crippen LogP contribution in [0.25, 0.3) is 0 Å². The lowest BCUT2D eigenvalue weighted by molar-refractivity contribution is -0.151. The summed E-state index contributed by atoms with van der Waals surface area (Å²) in [5, 5.41) is 9.72. The van der Waals surface area contributed by atoms with E-state index in [1.807, 2.05) is 37.3 Å². The van der Waals surface area contributed by atoms with E-state index in [1.165, 1.54) is 0 Å². The summed E-state index contributed by atoms with van der Waals surface area (Å²) in [5.41, 5.74) is -0.422. The van der Waals surface area contributed by atoms with Crippen molar-refractivity contribution in [1.82, 2.24) is 9.80 Å². The van der Waals surface area contributed by atoms with Crippen LogP contribution in [0.2, 0.25) is 0 Å². The number of benzene rings is 2. The van der Waals surface area contributed by atoms with E-state index >= 15 is 0 Å². The number of fused-ring (bicyclic) bond motifs is 1. The highest BCUT2D eigenvalue weighted by Gasteiger charge is 2.79. The van der Waals surface area contributed by atoms with Crippen molar-refractivity contribution >= 4 is 23.4 Å². The highest BCUT2D eigenvalue weighted by Crippen LogP contribution is 2.64.